The summed E-state index contributed by atoms with van der Waals surface area (Å²) >= 11 is 0. The van der Waals surface area contributed by atoms with Crippen LogP contribution in [0.1, 0.15) is 23.3 Å². The van der Waals surface area contributed by atoms with E-state index in [0.717, 1.165) is 18.5 Å². The molecule has 1 aliphatic rings. The molecule has 2 rings (SSSR count). The number of nitrogens with one attached hydrogen (secondary N) is 3. The standard InChI is InChI=1S/C12H16N4O2/c1-13-9-4-5-10(14-6-9)12(18)15-7-11(17)16-8-2-3-8/h4-6,8,13H,2-3,7H2,1H3,(H,15,18)(H,16,17). The lowest BCUT2D eigenvalue weighted by molar-refractivity contribution is -0.120. The van der Waals surface area contributed by atoms with Gasteiger partial charge in [-0.25, -0.2) is 4.98 Å². The Morgan fingerprint density at radius 2 is 2.17 bits per heavy atom. The molecule has 0 unspecified atom stereocenters. The van der Waals surface area contributed by atoms with Gasteiger partial charge in [-0.1, -0.05) is 0 Å². The first-order chi connectivity index (χ1) is 8.69. The molecule has 1 aromatic rings. The van der Waals surface area contributed by atoms with Crippen LogP contribution in [0.3, 0.4) is 0 Å². The summed E-state index contributed by atoms with van der Waals surface area (Å²) in [5.74, 6) is -0.499. The van der Waals surface area contributed by atoms with E-state index in [1.807, 2.05) is 0 Å². The first kappa shape index (κ1) is 12.3. The van der Waals surface area contributed by atoms with Gasteiger partial charge in [0, 0.05) is 13.1 Å². The van der Waals surface area contributed by atoms with Gasteiger partial charge in [0.25, 0.3) is 5.91 Å². The van der Waals surface area contributed by atoms with E-state index in [1.54, 1.807) is 25.4 Å². The molecule has 1 saturated carbocycles. The van der Waals surface area contributed by atoms with Crippen LogP contribution in [-0.2, 0) is 4.79 Å². The second-order valence-corrected chi connectivity index (χ2v) is 4.21. The highest BCUT2D eigenvalue weighted by Crippen LogP contribution is 2.18. The van der Waals surface area contributed by atoms with E-state index in [0.29, 0.717) is 11.7 Å². The SMILES string of the molecule is CNc1ccc(C(=O)NCC(=O)NC2CC2)nc1. The van der Waals surface area contributed by atoms with E-state index in [4.69, 9.17) is 0 Å². The van der Waals surface area contributed by atoms with Gasteiger partial charge in [0.05, 0.1) is 18.4 Å². The summed E-state index contributed by atoms with van der Waals surface area (Å²) < 4.78 is 0. The lowest BCUT2D eigenvalue weighted by atomic mass is 10.3. The minimum Gasteiger partial charge on any atom is -0.387 e. The van der Waals surface area contributed by atoms with Gasteiger partial charge in [-0.2, -0.15) is 0 Å². The lowest BCUT2D eigenvalue weighted by Crippen LogP contribution is -2.38. The second kappa shape index (κ2) is 5.48. The molecular formula is C12H16N4O2. The zero-order valence-corrected chi connectivity index (χ0v) is 10.2. The summed E-state index contributed by atoms with van der Waals surface area (Å²) in [5.41, 5.74) is 1.13. The smallest absolute Gasteiger partial charge is 0.270 e. The Labute approximate surface area is 105 Å². The number of carbonyl (C=O) groups excluding carboxylic acids is 2. The Hall–Kier alpha value is -2.11. The molecule has 0 bridgehead atoms. The molecule has 96 valence electrons. The molecule has 0 aliphatic heterocycles. The number of carbonyl (C=O) groups is 2. The van der Waals surface area contributed by atoms with Crippen molar-refractivity contribution in [2.75, 3.05) is 18.9 Å². The topological polar surface area (TPSA) is 83.1 Å². The second-order valence-electron chi connectivity index (χ2n) is 4.21. The number of aromatic nitrogens is 1. The molecule has 1 heterocycles. The summed E-state index contributed by atoms with van der Waals surface area (Å²) in [6.45, 7) is -0.00913. The summed E-state index contributed by atoms with van der Waals surface area (Å²) in [7, 11) is 1.78. The fourth-order valence-corrected chi connectivity index (χ4v) is 1.43. The zero-order chi connectivity index (χ0) is 13.0. The van der Waals surface area contributed by atoms with E-state index in [2.05, 4.69) is 20.9 Å². The molecule has 0 radical (unpaired) electrons. The van der Waals surface area contributed by atoms with Crippen molar-refractivity contribution in [1.29, 1.82) is 0 Å². The molecule has 0 aromatic carbocycles. The molecule has 0 saturated heterocycles. The zero-order valence-electron chi connectivity index (χ0n) is 10.2. The van der Waals surface area contributed by atoms with Crippen molar-refractivity contribution >= 4 is 17.5 Å². The highest BCUT2D eigenvalue weighted by molar-refractivity contribution is 5.95. The number of hydrogen-bond acceptors (Lipinski definition) is 4. The molecule has 2 amide bonds. The van der Waals surface area contributed by atoms with Crippen LogP contribution in [0, 0.1) is 0 Å². The molecule has 6 heteroatoms. The van der Waals surface area contributed by atoms with Gasteiger partial charge in [0.1, 0.15) is 5.69 Å². The van der Waals surface area contributed by atoms with Crippen molar-refractivity contribution in [1.82, 2.24) is 15.6 Å². The third-order valence-corrected chi connectivity index (χ3v) is 2.64. The van der Waals surface area contributed by atoms with E-state index in [9.17, 15) is 9.59 Å². The predicted molar refractivity (Wildman–Crippen MR) is 67.3 cm³/mol. The van der Waals surface area contributed by atoms with Crippen molar-refractivity contribution < 1.29 is 9.59 Å². The third-order valence-electron chi connectivity index (χ3n) is 2.64. The van der Waals surface area contributed by atoms with Crippen molar-refractivity contribution in [3.63, 3.8) is 0 Å². The van der Waals surface area contributed by atoms with Gasteiger partial charge in [-0.15, -0.1) is 0 Å². The Balaban J connectivity index is 1.80. The highest BCUT2D eigenvalue weighted by Gasteiger charge is 2.23. The van der Waals surface area contributed by atoms with Crippen LogP contribution in [0.25, 0.3) is 0 Å². The van der Waals surface area contributed by atoms with Crippen LogP contribution in [0.15, 0.2) is 18.3 Å². The fourth-order valence-electron chi connectivity index (χ4n) is 1.43. The molecule has 0 spiro atoms. The van der Waals surface area contributed by atoms with Crippen molar-refractivity contribution in [3.8, 4) is 0 Å². The summed E-state index contributed by atoms with van der Waals surface area (Å²) in [5, 5.41) is 8.24. The Morgan fingerprint density at radius 3 is 2.72 bits per heavy atom. The summed E-state index contributed by atoms with van der Waals surface area (Å²) in [6, 6.07) is 3.68. The van der Waals surface area contributed by atoms with Crippen LogP contribution >= 0.6 is 0 Å². The minimum absolute atomic E-state index is 0.00913. The monoisotopic (exact) mass is 248 g/mol. The number of hydrogen-bond donors (Lipinski definition) is 3. The predicted octanol–water partition coefficient (Wildman–Crippen LogP) is 0.132. The number of rotatable bonds is 5. The maximum atomic E-state index is 11.7. The fraction of sp³-hybridized carbons (Fsp3) is 0.417. The van der Waals surface area contributed by atoms with Gasteiger partial charge in [-0.05, 0) is 25.0 Å². The van der Waals surface area contributed by atoms with Crippen molar-refractivity contribution in [2.24, 2.45) is 0 Å². The van der Waals surface area contributed by atoms with Gasteiger partial charge in [0.15, 0.2) is 0 Å². The number of pyridine rings is 1. The van der Waals surface area contributed by atoms with Gasteiger partial charge in [-0.3, -0.25) is 9.59 Å². The minimum atomic E-state index is -0.344. The van der Waals surface area contributed by atoms with E-state index in [-0.39, 0.29) is 18.4 Å². The molecule has 1 fully saturated rings. The van der Waals surface area contributed by atoms with Crippen LogP contribution in [0.2, 0.25) is 0 Å². The number of nitrogens with zero attached hydrogens (tertiary/aromatic N) is 1. The Kier molecular flexibility index (Phi) is 3.76. The summed E-state index contributed by atoms with van der Waals surface area (Å²) in [4.78, 5) is 27.0. The molecule has 18 heavy (non-hydrogen) atoms. The van der Waals surface area contributed by atoms with E-state index < -0.39 is 0 Å². The quantitative estimate of drug-likeness (QED) is 0.691. The Bertz CT molecular complexity index is 440. The van der Waals surface area contributed by atoms with Gasteiger partial charge < -0.3 is 16.0 Å². The van der Waals surface area contributed by atoms with Crippen molar-refractivity contribution in [3.05, 3.63) is 24.0 Å². The first-order valence-corrected chi connectivity index (χ1v) is 5.90. The maximum absolute atomic E-state index is 11.7. The van der Waals surface area contributed by atoms with E-state index in [1.165, 1.54) is 0 Å². The largest absolute Gasteiger partial charge is 0.387 e. The third kappa shape index (κ3) is 3.44. The van der Waals surface area contributed by atoms with Gasteiger partial charge in [0.2, 0.25) is 5.91 Å². The van der Waals surface area contributed by atoms with Crippen LogP contribution in [0.4, 0.5) is 5.69 Å². The maximum Gasteiger partial charge on any atom is 0.270 e. The van der Waals surface area contributed by atoms with Gasteiger partial charge >= 0.3 is 0 Å². The summed E-state index contributed by atoms with van der Waals surface area (Å²) in [6.07, 6.45) is 3.64. The van der Waals surface area contributed by atoms with Crippen LogP contribution in [-0.4, -0.2) is 36.4 Å². The molecule has 1 aromatic heterocycles. The normalized spacial score (nSPS) is 13.8. The lowest BCUT2D eigenvalue weighted by Gasteiger charge is -2.06. The average molecular weight is 248 g/mol. The van der Waals surface area contributed by atoms with Crippen LogP contribution in [0.5, 0.6) is 0 Å². The molecule has 6 nitrogen and oxygen atoms in total. The van der Waals surface area contributed by atoms with E-state index >= 15 is 0 Å². The molecule has 1 aliphatic carbocycles. The molecular weight excluding hydrogens is 232 g/mol. The number of amides is 2. The molecule has 3 N–H and O–H groups in total. The Morgan fingerprint density at radius 1 is 1.39 bits per heavy atom. The number of anilines is 1. The van der Waals surface area contributed by atoms with Crippen LogP contribution < -0.4 is 16.0 Å². The first-order valence-electron chi connectivity index (χ1n) is 5.90. The molecule has 0 atom stereocenters. The van der Waals surface area contributed by atoms with Crippen molar-refractivity contribution in [2.45, 2.75) is 18.9 Å². The highest BCUT2D eigenvalue weighted by atomic mass is 16.2. The average Bonchev–Trinajstić information content (AvgIpc) is 3.20.